The summed E-state index contributed by atoms with van der Waals surface area (Å²) in [5, 5.41) is 15.2. The molecule has 264 valence electrons. The van der Waals surface area contributed by atoms with Gasteiger partial charge in [-0.15, -0.1) is 0 Å². The van der Waals surface area contributed by atoms with Crippen molar-refractivity contribution in [2.45, 2.75) is 0 Å². The van der Waals surface area contributed by atoms with Crippen LogP contribution in [0.3, 0.4) is 0 Å². The third kappa shape index (κ3) is 4.70. The van der Waals surface area contributed by atoms with Crippen molar-refractivity contribution in [1.82, 2.24) is 4.57 Å². The summed E-state index contributed by atoms with van der Waals surface area (Å²) < 4.78 is 2.47. The van der Waals surface area contributed by atoms with E-state index in [-0.39, 0.29) is 0 Å². The number of hydrogen-bond donors (Lipinski definition) is 0. The molecule has 57 heavy (non-hydrogen) atoms. The summed E-state index contributed by atoms with van der Waals surface area (Å²) in [4.78, 5) is 0. The number of rotatable bonds is 4. The van der Waals surface area contributed by atoms with Gasteiger partial charge < -0.3 is 4.57 Å². The van der Waals surface area contributed by atoms with E-state index in [9.17, 15) is 0 Å². The summed E-state index contributed by atoms with van der Waals surface area (Å²) in [6, 6.07) is 78.2. The fourth-order valence-electron chi connectivity index (χ4n) is 9.81. The van der Waals surface area contributed by atoms with Gasteiger partial charge in [-0.05, 0) is 112 Å². The smallest absolute Gasteiger partial charge is 0.0553 e. The normalized spacial score (nSPS) is 11.9. The molecule has 11 aromatic carbocycles. The Hall–Kier alpha value is -7.48. The Labute approximate surface area is 330 Å². The predicted molar refractivity (Wildman–Crippen MR) is 245 cm³/mol. The molecule has 0 aliphatic carbocycles. The van der Waals surface area contributed by atoms with Gasteiger partial charge in [0.15, 0.2) is 0 Å². The highest BCUT2D eigenvalue weighted by atomic mass is 15.0. The Morgan fingerprint density at radius 1 is 0.263 bits per heavy atom. The van der Waals surface area contributed by atoms with Gasteiger partial charge in [0.05, 0.1) is 11.0 Å². The van der Waals surface area contributed by atoms with Crippen molar-refractivity contribution in [2.24, 2.45) is 0 Å². The summed E-state index contributed by atoms with van der Waals surface area (Å²) in [5.74, 6) is 0. The van der Waals surface area contributed by atoms with Gasteiger partial charge in [-0.3, -0.25) is 0 Å². The summed E-state index contributed by atoms with van der Waals surface area (Å²) in [5.41, 5.74) is 11.1. The van der Waals surface area contributed by atoms with Gasteiger partial charge in [0.1, 0.15) is 0 Å². The first-order valence-corrected chi connectivity index (χ1v) is 19.8. The lowest BCUT2D eigenvalue weighted by Crippen LogP contribution is -1.94. The number of fused-ring (bicyclic) bond motifs is 10. The zero-order valence-corrected chi connectivity index (χ0v) is 31.2. The molecule has 0 spiro atoms. The lowest BCUT2D eigenvalue weighted by atomic mass is 9.84. The van der Waals surface area contributed by atoms with Crippen LogP contribution in [0, 0.1) is 0 Å². The molecule has 0 N–H and O–H groups in total. The summed E-state index contributed by atoms with van der Waals surface area (Å²) in [6.45, 7) is 0. The zero-order valence-electron chi connectivity index (χ0n) is 31.2. The fraction of sp³-hybridized carbons (Fsp3) is 0. The van der Waals surface area contributed by atoms with E-state index in [0.29, 0.717) is 0 Å². The Morgan fingerprint density at radius 3 is 1.42 bits per heavy atom. The van der Waals surface area contributed by atoms with Gasteiger partial charge in [-0.1, -0.05) is 188 Å². The maximum atomic E-state index is 2.47. The van der Waals surface area contributed by atoms with E-state index >= 15 is 0 Å². The quantitative estimate of drug-likeness (QED) is 0.160. The SMILES string of the molecule is c1ccc(-c2c3ccccc3c(-c3cccc4c(-c5cc6c(c7ccccc57)c5c7ccccc7ccc5n6-c5ccccc5)cccc34)c3ccccc23)cc1. The minimum Gasteiger partial charge on any atom is -0.309 e. The molecule has 1 heteroatoms. The monoisotopic (exact) mass is 721 g/mol. The van der Waals surface area contributed by atoms with Crippen molar-refractivity contribution in [3.05, 3.63) is 212 Å². The molecule has 1 nitrogen and oxygen atoms in total. The first-order chi connectivity index (χ1) is 28.3. The van der Waals surface area contributed by atoms with Gasteiger partial charge in [-0.25, -0.2) is 0 Å². The molecular weight excluding hydrogens is 687 g/mol. The van der Waals surface area contributed by atoms with Crippen molar-refractivity contribution in [3.63, 3.8) is 0 Å². The standard InChI is InChI=1S/C56H35N/c1-3-18-37(19-4-1)53-46-25-11-13-27-48(46)54(49-28-14-12-26-47(49)53)44-32-16-29-40-41(44)30-15-31-42(40)50-35-52-56(45-24-10-9-23-43(45)50)55-39-22-8-7-17-36(39)33-34-51(55)57(52)38-20-5-2-6-21-38/h1-35H. The van der Waals surface area contributed by atoms with Crippen LogP contribution in [0.4, 0.5) is 0 Å². The molecule has 0 fully saturated rings. The number of nitrogens with zero attached hydrogens (tertiary/aromatic N) is 1. The van der Waals surface area contributed by atoms with Crippen LogP contribution in [0.5, 0.6) is 0 Å². The van der Waals surface area contributed by atoms with E-state index < -0.39 is 0 Å². The van der Waals surface area contributed by atoms with Crippen LogP contribution >= 0.6 is 0 Å². The molecule has 0 atom stereocenters. The number of aromatic nitrogens is 1. The van der Waals surface area contributed by atoms with E-state index in [2.05, 4.69) is 217 Å². The van der Waals surface area contributed by atoms with Crippen LogP contribution in [0.2, 0.25) is 0 Å². The number of benzene rings is 11. The van der Waals surface area contributed by atoms with E-state index in [1.807, 2.05) is 0 Å². The van der Waals surface area contributed by atoms with Crippen molar-refractivity contribution < 1.29 is 0 Å². The summed E-state index contributed by atoms with van der Waals surface area (Å²) in [6.07, 6.45) is 0. The maximum absolute atomic E-state index is 2.47. The van der Waals surface area contributed by atoms with E-state index in [4.69, 9.17) is 0 Å². The fourth-order valence-corrected chi connectivity index (χ4v) is 9.81. The van der Waals surface area contributed by atoms with Gasteiger partial charge in [0.25, 0.3) is 0 Å². The van der Waals surface area contributed by atoms with Crippen molar-refractivity contribution in [2.75, 3.05) is 0 Å². The van der Waals surface area contributed by atoms with Crippen LogP contribution in [0.25, 0.3) is 115 Å². The van der Waals surface area contributed by atoms with Crippen molar-refractivity contribution in [3.8, 4) is 39.1 Å². The average Bonchev–Trinajstić information content (AvgIpc) is 3.63. The molecule has 1 aromatic heterocycles. The summed E-state index contributed by atoms with van der Waals surface area (Å²) in [7, 11) is 0. The first-order valence-electron chi connectivity index (χ1n) is 19.8. The Balaban J connectivity index is 1.19. The van der Waals surface area contributed by atoms with Crippen LogP contribution in [0.1, 0.15) is 0 Å². The molecule has 0 aliphatic rings. The number of hydrogen-bond acceptors (Lipinski definition) is 0. The van der Waals surface area contributed by atoms with Crippen molar-refractivity contribution in [1.29, 1.82) is 0 Å². The van der Waals surface area contributed by atoms with Crippen LogP contribution in [0.15, 0.2) is 212 Å². The first kappa shape index (κ1) is 31.8. The molecule has 0 bridgehead atoms. The average molecular weight is 722 g/mol. The topological polar surface area (TPSA) is 4.93 Å². The Bertz CT molecular complexity index is 3500. The minimum absolute atomic E-state index is 1.16. The van der Waals surface area contributed by atoms with Crippen molar-refractivity contribution >= 4 is 75.7 Å². The van der Waals surface area contributed by atoms with Gasteiger partial charge in [-0.2, -0.15) is 0 Å². The molecule has 12 rings (SSSR count). The minimum atomic E-state index is 1.16. The highest BCUT2D eigenvalue weighted by Gasteiger charge is 2.22. The van der Waals surface area contributed by atoms with Gasteiger partial charge >= 0.3 is 0 Å². The van der Waals surface area contributed by atoms with Crippen LogP contribution < -0.4 is 0 Å². The Kier molecular flexibility index (Phi) is 7.00. The molecule has 12 aromatic rings. The third-order valence-electron chi connectivity index (χ3n) is 12.2. The molecule has 0 unspecified atom stereocenters. The summed E-state index contributed by atoms with van der Waals surface area (Å²) >= 11 is 0. The lowest BCUT2D eigenvalue weighted by molar-refractivity contribution is 1.18. The van der Waals surface area contributed by atoms with E-state index in [1.165, 1.54) is 109 Å². The highest BCUT2D eigenvalue weighted by Crippen LogP contribution is 2.48. The molecule has 0 aliphatic heterocycles. The van der Waals surface area contributed by atoms with E-state index in [1.54, 1.807) is 0 Å². The molecule has 0 amide bonds. The van der Waals surface area contributed by atoms with Crippen LogP contribution in [-0.2, 0) is 0 Å². The molecular formula is C56H35N. The molecule has 0 radical (unpaired) electrons. The van der Waals surface area contributed by atoms with Gasteiger partial charge in [0, 0.05) is 16.5 Å². The number of para-hydroxylation sites is 1. The largest absolute Gasteiger partial charge is 0.309 e. The third-order valence-corrected chi connectivity index (χ3v) is 12.2. The van der Waals surface area contributed by atoms with Gasteiger partial charge in [0.2, 0.25) is 0 Å². The molecule has 1 heterocycles. The second-order valence-corrected chi connectivity index (χ2v) is 15.1. The lowest BCUT2D eigenvalue weighted by Gasteiger charge is -2.19. The molecule has 0 saturated carbocycles. The predicted octanol–water partition coefficient (Wildman–Crippen LogP) is 15.6. The Morgan fingerprint density at radius 2 is 0.737 bits per heavy atom. The highest BCUT2D eigenvalue weighted by molar-refractivity contribution is 6.31. The second-order valence-electron chi connectivity index (χ2n) is 15.1. The second kappa shape index (κ2) is 12.5. The maximum Gasteiger partial charge on any atom is 0.0553 e. The zero-order chi connectivity index (χ0) is 37.5. The van der Waals surface area contributed by atoms with E-state index in [0.717, 1.165) is 5.69 Å². The van der Waals surface area contributed by atoms with Crippen LogP contribution in [-0.4, -0.2) is 4.57 Å². The molecule has 0 saturated heterocycles.